The lowest BCUT2D eigenvalue weighted by molar-refractivity contribution is 0.0996. The Morgan fingerprint density at radius 2 is 1.93 bits per heavy atom. The van der Waals surface area contributed by atoms with E-state index in [-0.39, 0.29) is 5.91 Å². The summed E-state index contributed by atoms with van der Waals surface area (Å²) in [6.45, 7) is 0.866. The van der Waals surface area contributed by atoms with Crippen molar-refractivity contribution in [2.75, 3.05) is 19.1 Å². The van der Waals surface area contributed by atoms with Crippen molar-refractivity contribution in [3.05, 3.63) is 65.6 Å². The molecule has 0 radical (unpaired) electrons. The van der Waals surface area contributed by atoms with E-state index in [0.29, 0.717) is 30.3 Å². The number of anilines is 1. The summed E-state index contributed by atoms with van der Waals surface area (Å²) in [6, 6.07) is 9.55. The van der Waals surface area contributed by atoms with Gasteiger partial charge in [0.25, 0.3) is 11.8 Å². The molecular weight excluding hydrogens is 356 g/mol. The normalized spacial score (nSPS) is 12.8. The summed E-state index contributed by atoms with van der Waals surface area (Å²) in [5.41, 5.74) is 10.8. The number of amides is 1. The average molecular weight is 376 g/mol. The van der Waals surface area contributed by atoms with Gasteiger partial charge in [0, 0.05) is 30.1 Å². The molecule has 0 atom stereocenters. The Hall–Kier alpha value is -3.45. The number of rotatable bonds is 5. The van der Waals surface area contributed by atoms with Crippen LogP contribution in [0.4, 0.5) is 5.69 Å². The highest BCUT2D eigenvalue weighted by Gasteiger charge is 2.29. The van der Waals surface area contributed by atoms with Crippen molar-refractivity contribution in [3.8, 4) is 22.8 Å². The van der Waals surface area contributed by atoms with Crippen LogP contribution in [0, 0.1) is 0 Å². The highest BCUT2D eigenvalue weighted by atomic mass is 16.5. The Kier molecular flexibility index (Phi) is 4.67. The van der Waals surface area contributed by atoms with Gasteiger partial charge in [0.1, 0.15) is 0 Å². The van der Waals surface area contributed by atoms with E-state index in [1.165, 1.54) is 0 Å². The minimum Gasteiger partial charge on any atom is -0.491 e. The molecule has 28 heavy (non-hydrogen) atoms. The summed E-state index contributed by atoms with van der Waals surface area (Å²) in [7, 11) is 3.13. The first-order chi connectivity index (χ1) is 13.6. The number of nitrogens with two attached hydrogens (primary N) is 1. The van der Waals surface area contributed by atoms with Crippen LogP contribution < -0.4 is 20.1 Å². The highest BCUT2D eigenvalue weighted by Crippen LogP contribution is 2.34. The zero-order chi connectivity index (χ0) is 19.7. The molecule has 3 heterocycles. The summed E-state index contributed by atoms with van der Waals surface area (Å²) in [5.74, 6) is 0.951. The van der Waals surface area contributed by atoms with Crippen molar-refractivity contribution in [2.24, 2.45) is 5.73 Å². The minimum absolute atomic E-state index is 0.0389. The van der Waals surface area contributed by atoms with Gasteiger partial charge in [-0.25, -0.2) is 4.98 Å². The fourth-order valence-electron chi connectivity index (χ4n) is 3.33. The number of carbonyl (C=O) groups excluding carboxylic acids is 1. The molecule has 0 bridgehead atoms. The Labute approximate surface area is 162 Å². The van der Waals surface area contributed by atoms with Gasteiger partial charge in [0.2, 0.25) is 0 Å². The molecule has 0 aliphatic carbocycles. The molecule has 1 amide bonds. The van der Waals surface area contributed by atoms with Gasteiger partial charge in [0.05, 0.1) is 32.6 Å². The van der Waals surface area contributed by atoms with Crippen LogP contribution in [-0.4, -0.2) is 30.1 Å². The van der Waals surface area contributed by atoms with Crippen LogP contribution in [0.5, 0.6) is 11.6 Å². The molecule has 0 unspecified atom stereocenters. The van der Waals surface area contributed by atoms with E-state index in [9.17, 15) is 4.79 Å². The SMILES string of the molecule is COc1cc(-c2ccc3c(c2)CN(c2cncc(CN)c2)C3=O)cnc1OC. The first-order valence-electron chi connectivity index (χ1n) is 8.81. The molecule has 142 valence electrons. The summed E-state index contributed by atoms with van der Waals surface area (Å²) in [6.07, 6.45) is 5.12. The number of hydrogen-bond acceptors (Lipinski definition) is 6. The van der Waals surface area contributed by atoms with Crippen LogP contribution >= 0.6 is 0 Å². The minimum atomic E-state index is -0.0389. The zero-order valence-corrected chi connectivity index (χ0v) is 15.7. The number of benzene rings is 1. The molecule has 1 aliphatic heterocycles. The van der Waals surface area contributed by atoms with Crippen molar-refractivity contribution in [2.45, 2.75) is 13.1 Å². The maximum absolute atomic E-state index is 12.8. The standard InChI is InChI=1S/C21H20N4O3/c1-27-19-7-15(10-24-20(19)28-2)14-3-4-18-16(6-14)12-25(21(18)26)17-5-13(8-22)9-23-11-17/h3-7,9-11H,8,12,22H2,1-2H3. The average Bonchev–Trinajstić information content (AvgIpc) is 3.09. The van der Waals surface area contributed by atoms with Crippen molar-refractivity contribution >= 4 is 11.6 Å². The van der Waals surface area contributed by atoms with Crippen LogP contribution in [0.15, 0.2) is 48.9 Å². The van der Waals surface area contributed by atoms with Crippen molar-refractivity contribution in [3.63, 3.8) is 0 Å². The molecule has 7 heteroatoms. The third kappa shape index (κ3) is 3.05. The summed E-state index contributed by atoms with van der Waals surface area (Å²) < 4.78 is 10.5. The number of nitrogens with zero attached hydrogens (tertiary/aromatic N) is 3. The fraction of sp³-hybridized carbons (Fsp3) is 0.190. The molecule has 2 aromatic heterocycles. The maximum Gasteiger partial charge on any atom is 0.258 e. The summed E-state index contributed by atoms with van der Waals surface area (Å²) in [5, 5.41) is 0. The number of carbonyl (C=O) groups is 1. The van der Waals surface area contributed by atoms with E-state index >= 15 is 0 Å². The lowest BCUT2D eigenvalue weighted by Crippen LogP contribution is -2.23. The quantitative estimate of drug-likeness (QED) is 0.736. The van der Waals surface area contributed by atoms with Gasteiger partial charge in [-0.15, -0.1) is 0 Å². The molecule has 1 aliphatic rings. The van der Waals surface area contributed by atoms with Crippen LogP contribution in [0.25, 0.3) is 11.1 Å². The Bertz CT molecular complexity index is 1050. The number of methoxy groups -OCH3 is 2. The predicted molar refractivity (Wildman–Crippen MR) is 105 cm³/mol. The van der Waals surface area contributed by atoms with Gasteiger partial charge >= 0.3 is 0 Å². The maximum atomic E-state index is 12.8. The second-order valence-corrected chi connectivity index (χ2v) is 6.45. The van der Waals surface area contributed by atoms with Gasteiger partial charge in [-0.1, -0.05) is 6.07 Å². The lowest BCUT2D eigenvalue weighted by Gasteiger charge is -2.15. The first kappa shape index (κ1) is 17.9. The molecule has 0 spiro atoms. The van der Waals surface area contributed by atoms with E-state index in [4.69, 9.17) is 15.2 Å². The largest absolute Gasteiger partial charge is 0.491 e. The number of ether oxygens (including phenoxy) is 2. The lowest BCUT2D eigenvalue weighted by atomic mass is 10.0. The van der Waals surface area contributed by atoms with Gasteiger partial charge in [-0.05, 0) is 41.0 Å². The summed E-state index contributed by atoms with van der Waals surface area (Å²) >= 11 is 0. The van der Waals surface area contributed by atoms with Gasteiger partial charge in [-0.3, -0.25) is 9.78 Å². The molecule has 4 rings (SSSR count). The van der Waals surface area contributed by atoms with Crippen molar-refractivity contribution in [1.82, 2.24) is 9.97 Å². The van der Waals surface area contributed by atoms with Crippen molar-refractivity contribution < 1.29 is 14.3 Å². The van der Waals surface area contributed by atoms with E-state index in [1.807, 2.05) is 30.3 Å². The van der Waals surface area contributed by atoms with Gasteiger partial charge in [0.15, 0.2) is 5.75 Å². The number of hydrogen-bond donors (Lipinski definition) is 1. The number of aromatic nitrogens is 2. The Balaban J connectivity index is 1.67. The molecule has 2 N–H and O–H groups in total. The van der Waals surface area contributed by atoms with E-state index < -0.39 is 0 Å². The molecule has 0 saturated heterocycles. The zero-order valence-electron chi connectivity index (χ0n) is 15.7. The first-order valence-corrected chi connectivity index (χ1v) is 8.81. The van der Waals surface area contributed by atoms with E-state index in [1.54, 1.807) is 37.7 Å². The predicted octanol–water partition coefficient (Wildman–Crippen LogP) is 2.78. The van der Waals surface area contributed by atoms with E-state index in [2.05, 4.69) is 9.97 Å². The second kappa shape index (κ2) is 7.28. The smallest absolute Gasteiger partial charge is 0.258 e. The van der Waals surface area contributed by atoms with Crippen LogP contribution in [0.1, 0.15) is 21.5 Å². The molecule has 7 nitrogen and oxygen atoms in total. The monoisotopic (exact) mass is 376 g/mol. The van der Waals surface area contributed by atoms with Crippen LogP contribution in [0.3, 0.4) is 0 Å². The molecule has 0 fully saturated rings. The topological polar surface area (TPSA) is 90.6 Å². The number of pyridine rings is 2. The van der Waals surface area contributed by atoms with E-state index in [0.717, 1.165) is 27.9 Å². The number of fused-ring (bicyclic) bond motifs is 1. The molecular formula is C21H20N4O3. The Morgan fingerprint density at radius 3 is 2.68 bits per heavy atom. The van der Waals surface area contributed by atoms with Crippen LogP contribution in [0.2, 0.25) is 0 Å². The highest BCUT2D eigenvalue weighted by molar-refractivity contribution is 6.10. The van der Waals surface area contributed by atoms with Crippen molar-refractivity contribution in [1.29, 1.82) is 0 Å². The Morgan fingerprint density at radius 1 is 1.07 bits per heavy atom. The van der Waals surface area contributed by atoms with Crippen LogP contribution in [-0.2, 0) is 13.1 Å². The molecule has 0 saturated carbocycles. The van der Waals surface area contributed by atoms with Gasteiger partial charge < -0.3 is 20.1 Å². The second-order valence-electron chi connectivity index (χ2n) is 6.45. The molecule has 3 aromatic rings. The fourth-order valence-corrected chi connectivity index (χ4v) is 3.33. The third-order valence-electron chi connectivity index (χ3n) is 4.80. The van der Waals surface area contributed by atoms with Gasteiger partial charge in [-0.2, -0.15) is 0 Å². The molecule has 1 aromatic carbocycles. The summed E-state index contributed by atoms with van der Waals surface area (Å²) in [4.78, 5) is 23.0. The third-order valence-corrected chi connectivity index (χ3v) is 4.80.